The lowest BCUT2D eigenvalue weighted by molar-refractivity contribution is -0.115. The summed E-state index contributed by atoms with van der Waals surface area (Å²) in [6, 6.07) is 7.44. The zero-order valence-corrected chi connectivity index (χ0v) is 11.3. The predicted molar refractivity (Wildman–Crippen MR) is 75.5 cm³/mol. The number of hydrogen-bond acceptors (Lipinski definition) is 3. The van der Waals surface area contributed by atoms with Crippen molar-refractivity contribution in [1.29, 1.82) is 0 Å². The van der Waals surface area contributed by atoms with Gasteiger partial charge in [0, 0.05) is 19.8 Å². The van der Waals surface area contributed by atoms with Gasteiger partial charge in [-0.15, -0.1) is 0 Å². The Morgan fingerprint density at radius 2 is 1.89 bits per heavy atom. The molecule has 0 bridgehead atoms. The molecule has 0 saturated carbocycles. The smallest absolute Gasteiger partial charge is 0.238 e. The van der Waals surface area contributed by atoms with Gasteiger partial charge in [-0.3, -0.25) is 4.79 Å². The monoisotopic (exact) mass is 248 g/mol. The number of benzene rings is 1. The van der Waals surface area contributed by atoms with Crippen LogP contribution in [-0.4, -0.2) is 44.3 Å². The van der Waals surface area contributed by atoms with E-state index in [1.54, 1.807) is 7.05 Å². The molecule has 1 rings (SSSR count). The Morgan fingerprint density at radius 3 is 2.39 bits per heavy atom. The zero-order chi connectivity index (χ0) is 13.5. The van der Waals surface area contributed by atoms with Gasteiger partial charge < -0.3 is 15.5 Å². The van der Waals surface area contributed by atoms with Gasteiger partial charge in [-0.2, -0.15) is 0 Å². The highest BCUT2D eigenvalue weighted by Crippen LogP contribution is 2.16. The Morgan fingerprint density at radius 1 is 1.28 bits per heavy atom. The van der Waals surface area contributed by atoms with E-state index in [1.807, 2.05) is 50.2 Å². The van der Waals surface area contributed by atoms with Crippen molar-refractivity contribution in [3.8, 4) is 0 Å². The third-order valence-corrected chi connectivity index (χ3v) is 2.43. The molecule has 0 unspecified atom stereocenters. The Labute approximate surface area is 108 Å². The molecule has 0 aliphatic carbocycles. The highest BCUT2D eigenvalue weighted by molar-refractivity contribution is 5.92. The maximum absolute atomic E-state index is 11.4. The molecule has 0 aliphatic rings. The Balaban J connectivity index is 2.68. The van der Waals surface area contributed by atoms with Crippen LogP contribution in [0.3, 0.4) is 0 Å². The summed E-state index contributed by atoms with van der Waals surface area (Å²) in [5.41, 5.74) is 1.64. The lowest BCUT2D eigenvalue weighted by atomic mass is 10.3. The van der Waals surface area contributed by atoms with E-state index in [4.69, 9.17) is 0 Å². The molecule has 0 fully saturated rings. The third kappa shape index (κ3) is 4.55. The number of likely N-dealkylation sites (N-methyl/N-ethyl adjacent to an activating group) is 1. The SMILES string of the molecule is CNCC(=O)Nc1ccc(/N=C(\C)N(C)C)cc1. The van der Waals surface area contributed by atoms with Crippen LogP contribution in [-0.2, 0) is 4.79 Å². The Kier molecular flexibility index (Phi) is 5.32. The van der Waals surface area contributed by atoms with Gasteiger partial charge in [0.2, 0.25) is 5.91 Å². The minimum absolute atomic E-state index is 0.0572. The molecule has 5 nitrogen and oxygen atoms in total. The lowest BCUT2D eigenvalue weighted by Crippen LogP contribution is -2.24. The molecule has 0 radical (unpaired) electrons. The van der Waals surface area contributed by atoms with Crippen LogP contribution in [0.1, 0.15) is 6.92 Å². The van der Waals surface area contributed by atoms with Gasteiger partial charge in [0.05, 0.1) is 12.2 Å². The van der Waals surface area contributed by atoms with E-state index in [1.165, 1.54) is 0 Å². The van der Waals surface area contributed by atoms with Crippen LogP contribution < -0.4 is 10.6 Å². The molecule has 0 saturated heterocycles. The number of nitrogens with one attached hydrogen (secondary N) is 2. The molecule has 1 aromatic carbocycles. The summed E-state index contributed by atoms with van der Waals surface area (Å²) in [5, 5.41) is 5.58. The second-order valence-electron chi connectivity index (χ2n) is 4.18. The van der Waals surface area contributed by atoms with E-state index in [0.29, 0.717) is 6.54 Å². The van der Waals surface area contributed by atoms with E-state index in [9.17, 15) is 4.79 Å². The number of hydrogen-bond donors (Lipinski definition) is 2. The molecule has 0 aliphatic heterocycles. The van der Waals surface area contributed by atoms with Gasteiger partial charge in [0.15, 0.2) is 0 Å². The van der Waals surface area contributed by atoms with Crippen LogP contribution in [0.4, 0.5) is 11.4 Å². The van der Waals surface area contributed by atoms with Gasteiger partial charge in [-0.05, 0) is 38.2 Å². The number of amidine groups is 1. The highest BCUT2D eigenvalue weighted by Gasteiger charge is 2.00. The minimum atomic E-state index is -0.0572. The molecular formula is C13H20N4O. The van der Waals surface area contributed by atoms with Gasteiger partial charge in [0.1, 0.15) is 5.84 Å². The first-order valence-corrected chi connectivity index (χ1v) is 5.80. The number of aliphatic imine (C=N–C) groups is 1. The van der Waals surface area contributed by atoms with Crippen LogP contribution in [0.25, 0.3) is 0 Å². The largest absolute Gasteiger partial charge is 0.366 e. The summed E-state index contributed by atoms with van der Waals surface area (Å²) >= 11 is 0. The van der Waals surface area contributed by atoms with E-state index in [0.717, 1.165) is 17.2 Å². The van der Waals surface area contributed by atoms with Crippen molar-refractivity contribution in [1.82, 2.24) is 10.2 Å². The quantitative estimate of drug-likeness (QED) is 0.626. The molecule has 1 aromatic rings. The van der Waals surface area contributed by atoms with Crippen LogP contribution in [0.2, 0.25) is 0 Å². The molecule has 5 heteroatoms. The first kappa shape index (κ1) is 14.2. The summed E-state index contributed by atoms with van der Waals surface area (Å²) < 4.78 is 0. The zero-order valence-electron chi connectivity index (χ0n) is 11.3. The lowest BCUT2D eigenvalue weighted by Gasteiger charge is -2.11. The van der Waals surface area contributed by atoms with E-state index < -0.39 is 0 Å². The normalized spacial score (nSPS) is 11.2. The molecule has 0 heterocycles. The molecule has 1 amide bonds. The highest BCUT2D eigenvalue weighted by atomic mass is 16.1. The van der Waals surface area contributed by atoms with Crippen LogP contribution in [0.15, 0.2) is 29.3 Å². The van der Waals surface area contributed by atoms with Crippen molar-refractivity contribution in [2.24, 2.45) is 4.99 Å². The molecule has 18 heavy (non-hydrogen) atoms. The van der Waals surface area contributed by atoms with Crippen LogP contribution in [0, 0.1) is 0 Å². The maximum Gasteiger partial charge on any atom is 0.238 e. The van der Waals surface area contributed by atoms with Gasteiger partial charge in [-0.1, -0.05) is 0 Å². The number of nitrogens with zero attached hydrogens (tertiary/aromatic N) is 2. The van der Waals surface area contributed by atoms with E-state index in [2.05, 4.69) is 15.6 Å². The number of carbonyl (C=O) groups is 1. The summed E-state index contributed by atoms with van der Waals surface area (Å²) in [6.45, 7) is 2.25. The van der Waals surface area contributed by atoms with E-state index in [-0.39, 0.29) is 5.91 Å². The number of rotatable bonds is 4. The number of anilines is 1. The first-order valence-electron chi connectivity index (χ1n) is 5.80. The van der Waals surface area contributed by atoms with Crippen molar-refractivity contribution in [2.75, 3.05) is 33.0 Å². The molecule has 98 valence electrons. The van der Waals surface area contributed by atoms with E-state index >= 15 is 0 Å². The number of carbonyl (C=O) groups excluding carboxylic acids is 1. The van der Waals surface area contributed by atoms with Crippen molar-refractivity contribution < 1.29 is 4.79 Å². The second kappa shape index (κ2) is 6.76. The summed E-state index contributed by atoms with van der Waals surface area (Å²) in [4.78, 5) is 17.7. The van der Waals surface area contributed by atoms with Gasteiger partial charge >= 0.3 is 0 Å². The van der Waals surface area contributed by atoms with Crippen molar-refractivity contribution in [2.45, 2.75) is 6.92 Å². The van der Waals surface area contributed by atoms with Gasteiger partial charge in [0.25, 0.3) is 0 Å². The molecule has 0 spiro atoms. The van der Waals surface area contributed by atoms with Crippen molar-refractivity contribution >= 4 is 23.1 Å². The predicted octanol–water partition coefficient (Wildman–Crippen LogP) is 1.46. The molecular weight excluding hydrogens is 228 g/mol. The topological polar surface area (TPSA) is 56.7 Å². The first-order chi connectivity index (χ1) is 8.52. The fraction of sp³-hybridized carbons (Fsp3) is 0.385. The average molecular weight is 248 g/mol. The van der Waals surface area contributed by atoms with Crippen LogP contribution in [0.5, 0.6) is 0 Å². The Hall–Kier alpha value is -1.88. The average Bonchev–Trinajstić information content (AvgIpc) is 2.31. The maximum atomic E-state index is 11.4. The molecule has 0 atom stereocenters. The van der Waals surface area contributed by atoms with Gasteiger partial charge in [-0.25, -0.2) is 4.99 Å². The minimum Gasteiger partial charge on any atom is -0.366 e. The summed E-state index contributed by atoms with van der Waals surface area (Å²) in [6.07, 6.45) is 0. The molecule has 2 N–H and O–H groups in total. The fourth-order valence-electron chi connectivity index (χ4n) is 1.27. The van der Waals surface area contributed by atoms with Crippen molar-refractivity contribution in [3.63, 3.8) is 0 Å². The second-order valence-corrected chi connectivity index (χ2v) is 4.18. The Bertz CT molecular complexity index is 423. The van der Waals surface area contributed by atoms with Crippen molar-refractivity contribution in [3.05, 3.63) is 24.3 Å². The summed E-state index contributed by atoms with van der Waals surface area (Å²) in [5.74, 6) is 0.875. The molecule has 0 aromatic heterocycles. The summed E-state index contributed by atoms with van der Waals surface area (Å²) in [7, 11) is 5.64. The standard InChI is InChI=1S/C13H20N4O/c1-10(17(3)4)15-11-5-7-12(8-6-11)16-13(18)9-14-2/h5-8,14H,9H2,1-4H3,(H,16,18)/b15-10+. The fourth-order valence-corrected chi connectivity index (χ4v) is 1.27. The third-order valence-electron chi connectivity index (χ3n) is 2.43. The van der Waals surface area contributed by atoms with Crippen LogP contribution >= 0.6 is 0 Å². The number of amides is 1.